The summed E-state index contributed by atoms with van der Waals surface area (Å²) in [6.45, 7) is 2.13. The highest BCUT2D eigenvalue weighted by molar-refractivity contribution is 5.94. The highest BCUT2D eigenvalue weighted by atomic mass is 19.1. The Morgan fingerprint density at radius 3 is 2.14 bits per heavy atom. The molecule has 0 atom stereocenters. The molecule has 1 saturated carbocycles. The average molecular weight is 394 g/mol. The first-order chi connectivity index (χ1) is 14.1. The zero-order valence-electron chi connectivity index (χ0n) is 16.6. The predicted octanol–water partition coefficient (Wildman–Crippen LogP) is 3.95. The molecule has 0 unspecified atom stereocenters. The standard InChI is InChI=1S/C24H27FN2O2/c25-22-9-3-19(4-10-22)16-26-23(28)20-5-1-17(2-6-20)15-18-11-13-27(14-12-18)24(29)21-7-8-21/h1-6,9-10,18,21H,7-8,11-16H2,(H,26,28). The Morgan fingerprint density at radius 2 is 1.52 bits per heavy atom. The maximum absolute atomic E-state index is 12.9. The molecule has 1 N–H and O–H groups in total. The van der Waals surface area contributed by atoms with Crippen LogP contribution in [0.3, 0.4) is 0 Å². The molecule has 1 aliphatic carbocycles. The number of piperidine rings is 1. The molecule has 0 radical (unpaired) electrons. The van der Waals surface area contributed by atoms with Crippen molar-refractivity contribution in [3.05, 3.63) is 71.0 Å². The highest BCUT2D eigenvalue weighted by Crippen LogP contribution is 2.32. The summed E-state index contributed by atoms with van der Waals surface area (Å²) in [5.41, 5.74) is 2.72. The second-order valence-corrected chi connectivity index (χ2v) is 8.25. The number of likely N-dealkylation sites (tertiary alicyclic amines) is 1. The molecule has 29 heavy (non-hydrogen) atoms. The maximum Gasteiger partial charge on any atom is 0.251 e. The molecular formula is C24H27FN2O2. The van der Waals surface area contributed by atoms with E-state index < -0.39 is 0 Å². The molecule has 1 aliphatic heterocycles. The Labute approximate surface area is 171 Å². The summed E-state index contributed by atoms with van der Waals surface area (Å²) >= 11 is 0. The van der Waals surface area contributed by atoms with E-state index in [-0.39, 0.29) is 11.7 Å². The van der Waals surface area contributed by atoms with Crippen LogP contribution in [0.25, 0.3) is 0 Å². The molecule has 1 heterocycles. The van der Waals surface area contributed by atoms with Crippen LogP contribution in [0.4, 0.5) is 4.39 Å². The van der Waals surface area contributed by atoms with Crippen molar-refractivity contribution in [3.8, 4) is 0 Å². The summed E-state index contributed by atoms with van der Waals surface area (Å²) in [5.74, 6) is 0.854. The molecule has 152 valence electrons. The van der Waals surface area contributed by atoms with Gasteiger partial charge in [0.15, 0.2) is 0 Å². The average Bonchev–Trinajstić information content (AvgIpc) is 3.59. The molecule has 4 nitrogen and oxygen atoms in total. The van der Waals surface area contributed by atoms with E-state index in [1.165, 1.54) is 17.7 Å². The third kappa shape index (κ3) is 5.22. The van der Waals surface area contributed by atoms with Crippen LogP contribution in [0.1, 0.15) is 47.2 Å². The highest BCUT2D eigenvalue weighted by Gasteiger charge is 2.34. The van der Waals surface area contributed by atoms with Gasteiger partial charge in [-0.2, -0.15) is 0 Å². The molecule has 4 rings (SSSR count). The molecule has 0 spiro atoms. The first kappa shape index (κ1) is 19.6. The molecular weight excluding hydrogens is 367 g/mol. The number of hydrogen-bond donors (Lipinski definition) is 1. The van der Waals surface area contributed by atoms with Gasteiger partial charge in [0.05, 0.1) is 0 Å². The summed E-state index contributed by atoms with van der Waals surface area (Å²) in [7, 11) is 0. The Balaban J connectivity index is 1.24. The van der Waals surface area contributed by atoms with E-state index >= 15 is 0 Å². The number of amides is 2. The molecule has 2 fully saturated rings. The summed E-state index contributed by atoms with van der Waals surface area (Å²) in [6.07, 6.45) is 5.24. The van der Waals surface area contributed by atoms with Crippen LogP contribution in [-0.2, 0) is 17.8 Å². The van der Waals surface area contributed by atoms with E-state index in [0.29, 0.717) is 29.9 Å². The zero-order chi connectivity index (χ0) is 20.2. The van der Waals surface area contributed by atoms with Crippen molar-refractivity contribution in [1.82, 2.24) is 10.2 Å². The molecule has 0 bridgehead atoms. The van der Waals surface area contributed by atoms with E-state index in [2.05, 4.69) is 5.32 Å². The molecule has 1 saturated heterocycles. The van der Waals surface area contributed by atoms with Gasteiger partial charge in [0.1, 0.15) is 5.82 Å². The quantitative estimate of drug-likeness (QED) is 0.807. The minimum atomic E-state index is -0.282. The van der Waals surface area contributed by atoms with Crippen molar-refractivity contribution in [2.24, 2.45) is 11.8 Å². The number of hydrogen-bond acceptors (Lipinski definition) is 2. The summed E-state index contributed by atoms with van der Waals surface area (Å²) < 4.78 is 12.9. The summed E-state index contributed by atoms with van der Waals surface area (Å²) in [6, 6.07) is 13.9. The van der Waals surface area contributed by atoms with Crippen molar-refractivity contribution >= 4 is 11.8 Å². The maximum atomic E-state index is 12.9. The molecule has 5 heteroatoms. The number of carbonyl (C=O) groups excluding carboxylic acids is 2. The lowest BCUT2D eigenvalue weighted by Gasteiger charge is -2.32. The topological polar surface area (TPSA) is 49.4 Å². The summed E-state index contributed by atoms with van der Waals surface area (Å²) in [5, 5.41) is 2.87. The van der Waals surface area contributed by atoms with E-state index in [0.717, 1.165) is 50.8 Å². The van der Waals surface area contributed by atoms with Gasteiger partial charge < -0.3 is 10.2 Å². The van der Waals surface area contributed by atoms with Crippen LogP contribution in [0.15, 0.2) is 48.5 Å². The molecule has 0 aromatic heterocycles. The van der Waals surface area contributed by atoms with Gasteiger partial charge >= 0.3 is 0 Å². The van der Waals surface area contributed by atoms with E-state index in [1.807, 2.05) is 29.2 Å². The van der Waals surface area contributed by atoms with Crippen molar-refractivity contribution in [2.75, 3.05) is 13.1 Å². The monoisotopic (exact) mass is 394 g/mol. The van der Waals surface area contributed by atoms with Crippen molar-refractivity contribution in [1.29, 1.82) is 0 Å². The lowest BCUT2D eigenvalue weighted by molar-refractivity contribution is -0.133. The Morgan fingerprint density at radius 1 is 0.897 bits per heavy atom. The van der Waals surface area contributed by atoms with Gasteiger partial charge in [0.2, 0.25) is 5.91 Å². The van der Waals surface area contributed by atoms with Crippen LogP contribution in [0.5, 0.6) is 0 Å². The van der Waals surface area contributed by atoms with Gasteiger partial charge in [-0.25, -0.2) is 4.39 Å². The SMILES string of the molecule is O=C(NCc1ccc(F)cc1)c1ccc(CC2CCN(C(=O)C3CC3)CC2)cc1. The number of carbonyl (C=O) groups is 2. The normalized spacial score (nSPS) is 17.2. The van der Waals surface area contributed by atoms with Crippen LogP contribution < -0.4 is 5.32 Å². The largest absolute Gasteiger partial charge is 0.348 e. The fraction of sp³-hybridized carbons (Fsp3) is 0.417. The van der Waals surface area contributed by atoms with Gasteiger partial charge in [-0.15, -0.1) is 0 Å². The number of nitrogens with zero attached hydrogens (tertiary/aromatic N) is 1. The Bertz CT molecular complexity index is 851. The second kappa shape index (κ2) is 8.76. The number of rotatable bonds is 6. The molecule has 2 aromatic rings. The van der Waals surface area contributed by atoms with Crippen LogP contribution in [0.2, 0.25) is 0 Å². The smallest absolute Gasteiger partial charge is 0.251 e. The lowest BCUT2D eigenvalue weighted by atomic mass is 9.89. The van der Waals surface area contributed by atoms with E-state index in [9.17, 15) is 14.0 Å². The Hall–Kier alpha value is -2.69. The van der Waals surface area contributed by atoms with Crippen LogP contribution in [-0.4, -0.2) is 29.8 Å². The van der Waals surface area contributed by atoms with E-state index in [4.69, 9.17) is 0 Å². The van der Waals surface area contributed by atoms with Crippen molar-refractivity contribution in [2.45, 2.75) is 38.6 Å². The van der Waals surface area contributed by atoms with Gasteiger partial charge in [0, 0.05) is 31.1 Å². The van der Waals surface area contributed by atoms with Crippen molar-refractivity contribution < 1.29 is 14.0 Å². The van der Waals surface area contributed by atoms with Crippen LogP contribution in [0, 0.1) is 17.7 Å². The first-order valence-electron chi connectivity index (χ1n) is 10.5. The third-order valence-electron chi connectivity index (χ3n) is 5.96. The zero-order valence-corrected chi connectivity index (χ0v) is 16.6. The van der Waals surface area contributed by atoms with Gasteiger partial charge in [0.25, 0.3) is 5.91 Å². The summed E-state index contributed by atoms with van der Waals surface area (Å²) in [4.78, 5) is 26.5. The fourth-order valence-corrected chi connectivity index (χ4v) is 3.96. The molecule has 2 amide bonds. The number of benzene rings is 2. The van der Waals surface area contributed by atoms with E-state index in [1.54, 1.807) is 12.1 Å². The fourth-order valence-electron chi connectivity index (χ4n) is 3.96. The van der Waals surface area contributed by atoms with Gasteiger partial charge in [-0.3, -0.25) is 9.59 Å². The van der Waals surface area contributed by atoms with Crippen LogP contribution >= 0.6 is 0 Å². The minimum absolute atomic E-state index is 0.132. The second-order valence-electron chi connectivity index (χ2n) is 8.25. The van der Waals surface area contributed by atoms with Gasteiger partial charge in [-0.1, -0.05) is 24.3 Å². The number of nitrogens with one attached hydrogen (secondary N) is 1. The lowest BCUT2D eigenvalue weighted by Crippen LogP contribution is -2.39. The molecule has 2 aromatic carbocycles. The van der Waals surface area contributed by atoms with Crippen molar-refractivity contribution in [3.63, 3.8) is 0 Å². The van der Waals surface area contributed by atoms with Gasteiger partial charge in [-0.05, 0) is 73.4 Å². The predicted molar refractivity (Wildman–Crippen MR) is 110 cm³/mol. The Kier molecular flexibility index (Phi) is 5.93. The third-order valence-corrected chi connectivity index (χ3v) is 5.96. The minimum Gasteiger partial charge on any atom is -0.348 e. The molecule has 2 aliphatic rings. The number of halogens is 1. The first-order valence-corrected chi connectivity index (χ1v) is 10.5.